The number of hydrogen-bond donors (Lipinski definition) is 1. The topological polar surface area (TPSA) is 68.5 Å². The van der Waals surface area contributed by atoms with Crippen molar-refractivity contribution in [3.05, 3.63) is 42.6 Å². The van der Waals surface area contributed by atoms with E-state index in [1.54, 1.807) is 4.52 Å². The van der Waals surface area contributed by atoms with Crippen molar-refractivity contribution < 1.29 is 9.53 Å². The van der Waals surface area contributed by atoms with Crippen molar-refractivity contribution in [2.45, 2.75) is 39.2 Å². The molecule has 0 aliphatic heterocycles. The highest BCUT2D eigenvalue weighted by molar-refractivity contribution is 5.93. The summed E-state index contributed by atoms with van der Waals surface area (Å²) in [5.74, 6) is 1.34. The van der Waals surface area contributed by atoms with Crippen LogP contribution in [0, 0.1) is 5.92 Å². The van der Waals surface area contributed by atoms with Crippen molar-refractivity contribution in [2.24, 2.45) is 5.92 Å². The average Bonchev–Trinajstić information content (AvgIpc) is 3.42. The first-order valence-corrected chi connectivity index (χ1v) is 9.07. The van der Waals surface area contributed by atoms with Crippen LogP contribution in [0.1, 0.15) is 33.1 Å². The van der Waals surface area contributed by atoms with E-state index in [4.69, 9.17) is 4.74 Å². The zero-order valence-corrected chi connectivity index (χ0v) is 15.0. The van der Waals surface area contributed by atoms with Crippen molar-refractivity contribution in [3.63, 3.8) is 0 Å². The number of nitrogens with zero attached hydrogens (tertiary/aromatic N) is 3. The van der Waals surface area contributed by atoms with Gasteiger partial charge in [-0.15, -0.1) is 5.10 Å². The Balaban J connectivity index is 1.61. The number of anilines is 1. The van der Waals surface area contributed by atoms with E-state index in [1.807, 2.05) is 42.6 Å². The van der Waals surface area contributed by atoms with Crippen LogP contribution in [0.2, 0.25) is 0 Å². The van der Waals surface area contributed by atoms with Gasteiger partial charge in [-0.2, -0.15) is 4.98 Å². The van der Waals surface area contributed by atoms with Crippen LogP contribution in [0.25, 0.3) is 16.8 Å². The fourth-order valence-electron chi connectivity index (χ4n) is 2.77. The number of aromatic nitrogens is 3. The highest BCUT2D eigenvalue weighted by atomic mass is 16.5. The van der Waals surface area contributed by atoms with Gasteiger partial charge in [-0.3, -0.25) is 10.1 Å². The summed E-state index contributed by atoms with van der Waals surface area (Å²) >= 11 is 0. The van der Waals surface area contributed by atoms with Gasteiger partial charge in [0.2, 0.25) is 11.9 Å². The van der Waals surface area contributed by atoms with E-state index in [9.17, 15) is 4.79 Å². The van der Waals surface area contributed by atoms with Gasteiger partial charge < -0.3 is 4.74 Å². The normalized spacial score (nSPS) is 15.0. The molecule has 1 aliphatic rings. The fraction of sp³-hybridized carbons (Fsp3) is 0.350. The molecule has 0 radical (unpaired) electrons. The Morgan fingerprint density at radius 2 is 2.08 bits per heavy atom. The molecule has 3 aromatic rings. The summed E-state index contributed by atoms with van der Waals surface area (Å²) < 4.78 is 7.53. The van der Waals surface area contributed by atoms with Crippen LogP contribution >= 0.6 is 0 Å². The molecule has 1 fully saturated rings. The second kappa shape index (κ2) is 6.78. The van der Waals surface area contributed by atoms with Gasteiger partial charge in [0.25, 0.3) is 0 Å². The Bertz CT molecular complexity index is 929. The molecular formula is C20H22N4O2. The molecule has 0 spiro atoms. The molecule has 1 aromatic carbocycles. The largest absolute Gasteiger partial charge is 0.491 e. The summed E-state index contributed by atoms with van der Waals surface area (Å²) in [7, 11) is 0. The minimum Gasteiger partial charge on any atom is -0.491 e. The van der Waals surface area contributed by atoms with E-state index in [2.05, 4.69) is 29.2 Å². The first-order valence-electron chi connectivity index (χ1n) is 9.07. The second-order valence-electron chi connectivity index (χ2n) is 6.75. The average molecular weight is 350 g/mol. The van der Waals surface area contributed by atoms with E-state index in [1.165, 1.54) is 0 Å². The lowest BCUT2D eigenvalue weighted by Crippen LogP contribution is -2.14. The Hall–Kier alpha value is -2.89. The first kappa shape index (κ1) is 16.6. The molecule has 1 atom stereocenters. The number of nitrogens with one attached hydrogen (secondary N) is 1. The molecule has 4 rings (SSSR count). The summed E-state index contributed by atoms with van der Waals surface area (Å²) in [5.41, 5.74) is 2.70. The number of hydrogen-bond acceptors (Lipinski definition) is 4. The molecule has 0 bridgehead atoms. The molecule has 6 heteroatoms. The number of amides is 1. The Morgan fingerprint density at radius 1 is 1.31 bits per heavy atom. The van der Waals surface area contributed by atoms with Gasteiger partial charge in [0, 0.05) is 17.7 Å². The third-order valence-corrected chi connectivity index (χ3v) is 4.62. The van der Waals surface area contributed by atoms with Crippen LogP contribution in [-0.2, 0) is 4.79 Å². The molecule has 1 unspecified atom stereocenters. The van der Waals surface area contributed by atoms with Crippen LogP contribution in [0.4, 0.5) is 5.95 Å². The van der Waals surface area contributed by atoms with Gasteiger partial charge in [0.1, 0.15) is 5.75 Å². The van der Waals surface area contributed by atoms with E-state index in [0.717, 1.165) is 36.1 Å². The van der Waals surface area contributed by atoms with Gasteiger partial charge in [-0.05, 0) is 56.0 Å². The molecule has 2 aromatic heterocycles. The SMILES string of the molecule is CCC(C)Oc1ccc(-c2cccn3nc(NC(=O)C4CC4)nc23)cc1. The molecule has 6 nitrogen and oxygen atoms in total. The van der Waals surface area contributed by atoms with E-state index in [0.29, 0.717) is 11.6 Å². The quantitative estimate of drug-likeness (QED) is 0.731. The summed E-state index contributed by atoms with van der Waals surface area (Å²) in [4.78, 5) is 16.5. The van der Waals surface area contributed by atoms with Crippen LogP contribution in [0.5, 0.6) is 5.75 Å². The predicted octanol–water partition coefficient (Wildman–Crippen LogP) is 3.92. The smallest absolute Gasteiger partial charge is 0.249 e. The number of benzene rings is 1. The Labute approximate surface area is 152 Å². The van der Waals surface area contributed by atoms with Crippen LogP contribution < -0.4 is 10.1 Å². The Morgan fingerprint density at radius 3 is 2.77 bits per heavy atom. The van der Waals surface area contributed by atoms with Crippen LogP contribution in [0.15, 0.2) is 42.6 Å². The van der Waals surface area contributed by atoms with Crippen LogP contribution in [0.3, 0.4) is 0 Å². The molecule has 1 saturated carbocycles. The molecule has 2 heterocycles. The standard InChI is InChI=1S/C20H22N4O2/c1-3-13(2)26-16-10-8-14(9-11-16)17-5-4-12-24-18(17)21-20(23-24)22-19(25)15-6-7-15/h4-5,8-13,15H,3,6-7H2,1-2H3,(H,22,23,25). The lowest BCUT2D eigenvalue weighted by molar-refractivity contribution is -0.117. The number of rotatable bonds is 6. The van der Waals surface area contributed by atoms with Gasteiger partial charge >= 0.3 is 0 Å². The summed E-state index contributed by atoms with van der Waals surface area (Å²) in [6, 6.07) is 11.9. The molecule has 26 heavy (non-hydrogen) atoms. The molecule has 1 amide bonds. The van der Waals surface area contributed by atoms with Crippen molar-refractivity contribution in [1.29, 1.82) is 0 Å². The number of ether oxygens (including phenoxy) is 1. The zero-order valence-electron chi connectivity index (χ0n) is 15.0. The minimum atomic E-state index is 0.00833. The highest BCUT2D eigenvalue weighted by Crippen LogP contribution is 2.30. The molecule has 1 aliphatic carbocycles. The van der Waals surface area contributed by atoms with Gasteiger partial charge in [-0.1, -0.05) is 19.1 Å². The minimum absolute atomic E-state index is 0.00833. The van der Waals surface area contributed by atoms with E-state index < -0.39 is 0 Å². The van der Waals surface area contributed by atoms with Crippen LogP contribution in [-0.4, -0.2) is 26.6 Å². The van der Waals surface area contributed by atoms with Crippen molar-refractivity contribution >= 4 is 17.5 Å². The molecule has 134 valence electrons. The summed E-state index contributed by atoms with van der Waals surface area (Å²) in [6.45, 7) is 4.16. The van der Waals surface area contributed by atoms with E-state index in [-0.39, 0.29) is 17.9 Å². The van der Waals surface area contributed by atoms with Crippen molar-refractivity contribution in [2.75, 3.05) is 5.32 Å². The third-order valence-electron chi connectivity index (χ3n) is 4.62. The van der Waals surface area contributed by atoms with Crippen molar-refractivity contribution in [3.8, 4) is 16.9 Å². The zero-order chi connectivity index (χ0) is 18.1. The third kappa shape index (κ3) is 3.40. The van der Waals surface area contributed by atoms with Gasteiger partial charge in [0.15, 0.2) is 5.65 Å². The Kier molecular flexibility index (Phi) is 4.32. The van der Waals surface area contributed by atoms with E-state index >= 15 is 0 Å². The second-order valence-corrected chi connectivity index (χ2v) is 6.75. The fourth-order valence-corrected chi connectivity index (χ4v) is 2.77. The number of fused-ring (bicyclic) bond motifs is 1. The highest BCUT2D eigenvalue weighted by Gasteiger charge is 2.30. The number of pyridine rings is 1. The predicted molar refractivity (Wildman–Crippen MR) is 100 cm³/mol. The van der Waals surface area contributed by atoms with Gasteiger partial charge in [0.05, 0.1) is 6.10 Å². The van der Waals surface area contributed by atoms with Crippen molar-refractivity contribution in [1.82, 2.24) is 14.6 Å². The summed E-state index contributed by atoms with van der Waals surface area (Å²) in [6.07, 6.45) is 4.90. The number of carbonyl (C=O) groups is 1. The lowest BCUT2D eigenvalue weighted by atomic mass is 10.1. The monoisotopic (exact) mass is 350 g/mol. The first-order chi connectivity index (χ1) is 12.6. The maximum Gasteiger partial charge on any atom is 0.249 e. The maximum atomic E-state index is 11.9. The lowest BCUT2D eigenvalue weighted by Gasteiger charge is -2.12. The maximum absolute atomic E-state index is 11.9. The molecule has 1 N–H and O–H groups in total. The number of carbonyl (C=O) groups excluding carboxylic acids is 1. The molecule has 0 saturated heterocycles. The summed E-state index contributed by atoms with van der Waals surface area (Å²) in [5, 5.41) is 7.17. The van der Waals surface area contributed by atoms with Gasteiger partial charge in [-0.25, -0.2) is 4.52 Å². The molecular weight excluding hydrogens is 328 g/mol.